The van der Waals surface area contributed by atoms with Gasteiger partial charge in [0.2, 0.25) is 0 Å². The van der Waals surface area contributed by atoms with Crippen LogP contribution in [0.5, 0.6) is 5.75 Å². The fourth-order valence-corrected chi connectivity index (χ4v) is 2.57. The molecule has 0 amide bonds. The number of nitrogens with zero attached hydrogens (tertiary/aromatic N) is 2. The number of rotatable bonds is 2. The molecule has 0 spiro atoms. The van der Waals surface area contributed by atoms with Gasteiger partial charge in [0.05, 0.1) is 12.6 Å². The first-order valence-electron chi connectivity index (χ1n) is 6.36. The quantitative estimate of drug-likeness (QED) is 0.629. The van der Waals surface area contributed by atoms with Crippen molar-refractivity contribution in [3.05, 3.63) is 52.1 Å². The second-order valence-corrected chi connectivity index (χ2v) is 5.47. The topological polar surface area (TPSA) is 35.0 Å². The van der Waals surface area contributed by atoms with Crippen molar-refractivity contribution in [2.75, 3.05) is 7.11 Å². The Balaban J connectivity index is 2.26. The Morgan fingerprint density at radius 1 is 1.00 bits per heavy atom. The molecule has 0 N–H and O–H groups in total. The van der Waals surface area contributed by atoms with E-state index in [4.69, 9.17) is 27.9 Å². The summed E-state index contributed by atoms with van der Waals surface area (Å²) >= 11 is 12.3. The molecule has 3 aromatic rings. The average molecular weight is 319 g/mol. The van der Waals surface area contributed by atoms with Crippen LogP contribution in [0, 0.1) is 6.92 Å². The van der Waals surface area contributed by atoms with E-state index in [9.17, 15) is 0 Å². The summed E-state index contributed by atoms with van der Waals surface area (Å²) in [5, 5.41) is 1.85. The molecule has 1 aromatic heterocycles. The van der Waals surface area contributed by atoms with Crippen molar-refractivity contribution >= 4 is 34.1 Å². The number of methoxy groups -OCH3 is 1. The van der Waals surface area contributed by atoms with E-state index in [0.29, 0.717) is 16.0 Å². The first-order chi connectivity index (χ1) is 10.1. The van der Waals surface area contributed by atoms with Gasteiger partial charge in [-0.05, 0) is 36.8 Å². The van der Waals surface area contributed by atoms with Gasteiger partial charge in [0.15, 0.2) is 5.82 Å². The van der Waals surface area contributed by atoms with Gasteiger partial charge in [0.1, 0.15) is 10.9 Å². The molecule has 5 heteroatoms. The van der Waals surface area contributed by atoms with Gasteiger partial charge in [-0.3, -0.25) is 0 Å². The number of fused-ring (bicyclic) bond motifs is 1. The fraction of sp³-hybridized carbons (Fsp3) is 0.125. The van der Waals surface area contributed by atoms with Gasteiger partial charge in [-0.1, -0.05) is 29.3 Å². The third kappa shape index (κ3) is 2.67. The van der Waals surface area contributed by atoms with E-state index in [2.05, 4.69) is 9.97 Å². The van der Waals surface area contributed by atoms with Gasteiger partial charge in [-0.25, -0.2) is 9.97 Å². The summed E-state index contributed by atoms with van der Waals surface area (Å²) in [6.45, 7) is 1.98. The molecule has 0 saturated carbocycles. The summed E-state index contributed by atoms with van der Waals surface area (Å²) in [4.78, 5) is 8.97. The zero-order valence-electron chi connectivity index (χ0n) is 11.5. The van der Waals surface area contributed by atoms with E-state index in [1.54, 1.807) is 7.11 Å². The summed E-state index contributed by atoms with van der Waals surface area (Å²) in [7, 11) is 1.62. The lowest BCUT2D eigenvalue weighted by Gasteiger charge is -2.08. The predicted molar refractivity (Wildman–Crippen MR) is 86.3 cm³/mol. The second kappa shape index (κ2) is 5.51. The number of aryl methyl sites for hydroxylation is 1. The zero-order valence-corrected chi connectivity index (χ0v) is 13.0. The third-order valence-corrected chi connectivity index (χ3v) is 3.82. The van der Waals surface area contributed by atoms with Crippen LogP contribution in [0.2, 0.25) is 10.2 Å². The van der Waals surface area contributed by atoms with Crippen LogP contribution in [0.1, 0.15) is 5.56 Å². The average Bonchev–Trinajstić information content (AvgIpc) is 2.49. The van der Waals surface area contributed by atoms with E-state index in [1.807, 2.05) is 43.3 Å². The molecule has 0 saturated heterocycles. The number of halogens is 2. The summed E-state index contributed by atoms with van der Waals surface area (Å²) in [5.41, 5.74) is 2.65. The molecule has 0 atom stereocenters. The molecule has 1 heterocycles. The Bertz CT molecular complexity index is 834. The smallest absolute Gasteiger partial charge is 0.161 e. The number of hydrogen-bond donors (Lipinski definition) is 0. The van der Waals surface area contributed by atoms with Crippen LogP contribution < -0.4 is 4.74 Å². The van der Waals surface area contributed by atoms with Gasteiger partial charge in [0, 0.05) is 22.0 Å². The van der Waals surface area contributed by atoms with Gasteiger partial charge >= 0.3 is 0 Å². The molecule has 0 unspecified atom stereocenters. The van der Waals surface area contributed by atoms with Gasteiger partial charge < -0.3 is 4.74 Å². The van der Waals surface area contributed by atoms with Crippen molar-refractivity contribution in [1.29, 1.82) is 0 Å². The van der Waals surface area contributed by atoms with Crippen LogP contribution in [-0.4, -0.2) is 17.1 Å². The normalized spacial score (nSPS) is 10.9. The molecule has 0 bridgehead atoms. The molecule has 0 aliphatic carbocycles. The number of aromatic nitrogens is 2. The highest BCUT2D eigenvalue weighted by molar-refractivity contribution is 6.34. The fourth-order valence-electron chi connectivity index (χ4n) is 2.15. The van der Waals surface area contributed by atoms with E-state index in [-0.39, 0.29) is 0 Å². The van der Waals surface area contributed by atoms with Crippen molar-refractivity contribution in [1.82, 2.24) is 9.97 Å². The molecule has 106 valence electrons. The van der Waals surface area contributed by atoms with Gasteiger partial charge in [-0.15, -0.1) is 0 Å². The van der Waals surface area contributed by atoms with E-state index < -0.39 is 0 Å². The molecular weight excluding hydrogens is 307 g/mol. The molecule has 21 heavy (non-hydrogen) atoms. The molecular formula is C16H12Cl2N2O. The van der Waals surface area contributed by atoms with Gasteiger partial charge in [-0.2, -0.15) is 0 Å². The summed E-state index contributed by atoms with van der Waals surface area (Å²) < 4.78 is 5.23. The van der Waals surface area contributed by atoms with Crippen molar-refractivity contribution in [2.24, 2.45) is 0 Å². The molecule has 0 radical (unpaired) electrons. The third-order valence-electron chi connectivity index (χ3n) is 3.30. The molecule has 0 aliphatic heterocycles. The maximum absolute atomic E-state index is 6.27. The van der Waals surface area contributed by atoms with Crippen molar-refractivity contribution in [3.63, 3.8) is 0 Å². The number of ether oxygens (including phenoxy) is 1. The van der Waals surface area contributed by atoms with Crippen molar-refractivity contribution in [3.8, 4) is 17.1 Å². The first kappa shape index (κ1) is 14.1. The summed E-state index contributed by atoms with van der Waals surface area (Å²) in [6.07, 6.45) is 0. The Morgan fingerprint density at radius 3 is 2.57 bits per heavy atom. The highest BCUT2D eigenvalue weighted by Gasteiger charge is 2.11. The predicted octanol–water partition coefficient (Wildman–Crippen LogP) is 4.92. The minimum Gasteiger partial charge on any atom is -0.497 e. The lowest BCUT2D eigenvalue weighted by Crippen LogP contribution is -1.94. The maximum atomic E-state index is 6.27. The lowest BCUT2D eigenvalue weighted by molar-refractivity contribution is 0.415. The lowest BCUT2D eigenvalue weighted by atomic mass is 10.1. The Kier molecular flexibility index (Phi) is 3.70. The minimum atomic E-state index is 0.414. The van der Waals surface area contributed by atoms with Crippen LogP contribution in [-0.2, 0) is 0 Å². The summed E-state index contributed by atoms with van der Waals surface area (Å²) in [5.74, 6) is 1.28. The highest BCUT2D eigenvalue weighted by atomic mass is 35.5. The zero-order chi connectivity index (χ0) is 15.0. The van der Waals surface area contributed by atoms with Crippen molar-refractivity contribution < 1.29 is 4.74 Å². The molecule has 2 aromatic carbocycles. The van der Waals surface area contributed by atoms with Crippen LogP contribution in [0.3, 0.4) is 0 Å². The number of hydrogen-bond acceptors (Lipinski definition) is 3. The minimum absolute atomic E-state index is 0.414. The van der Waals surface area contributed by atoms with E-state index in [0.717, 1.165) is 27.8 Å². The van der Waals surface area contributed by atoms with Gasteiger partial charge in [0.25, 0.3) is 0 Å². The Labute approximate surface area is 132 Å². The number of benzene rings is 2. The molecule has 0 fully saturated rings. The summed E-state index contributed by atoms with van der Waals surface area (Å²) in [6, 6.07) is 11.1. The largest absolute Gasteiger partial charge is 0.497 e. The molecule has 0 aliphatic rings. The van der Waals surface area contributed by atoms with Crippen molar-refractivity contribution in [2.45, 2.75) is 6.92 Å². The SMILES string of the molecule is COc1ccc2c(Cl)nc(-c3cc(Cl)ccc3C)nc2c1. The van der Waals surface area contributed by atoms with Crippen LogP contribution in [0.25, 0.3) is 22.3 Å². The van der Waals surface area contributed by atoms with Crippen LogP contribution in [0.4, 0.5) is 0 Å². The standard InChI is InChI=1S/C16H12Cl2N2O/c1-9-3-4-10(17)7-13(9)16-19-14-8-11(21-2)5-6-12(14)15(18)20-16/h3-8H,1-2H3. The monoisotopic (exact) mass is 318 g/mol. The highest BCUT2D eigenvalue weighted by Crippen LogP contribution is 2.30. The Hall–Kier alpha value is -1.84. The second-order valence-electron chi connectivity index (χ2n) is 4.68. The Morgan fingerprint density at radius 2 is 1.81 bits per heavy atom. The molecule has 3 rings (SSSR count). The van der Waals surface area contributed by atoms with Crippen LogP contribution >= 0.6 is 23.2 Å². The maximum Gasteiger partial charge on any atom is 0.161 e. The van der Waals surface area contributed by atoms with E-state index in [1.165, 1.54) is 0 Å². The molecule has 3 nitrogen and oxygen atoms in total. The van der Waals surface area contributed by atoms with Crippen LogP contribution in [0.15, 0.2) is 36.4 Å². The van der Waals surface area contributed by atoms with E-state index >= 15 is 0 Å². The first-order valence-corrected chi connectivity index (χ1v) is 7.12.